The molecule has 116 valence electrons. The van der Waals surface area contributed by atoms with Crippen molar-refractivity contribution in [3.63, 3.8) is 0 Å². The van der Waals surface area contributed by atoms with E-state index >= 15 is 0 Å². The molecule has 0 saturated carbocycles. The average Bonchev–Trinajstić information content (AvgIpc) is 2.90. The van der Waals surface area contributed by atoms with Gasteiger partial charge in [0.25, 0.3) is 5.78 Å². The molecule has 1 aliphatic rings. The lowest BCUT2D eigenvalue weighted by atomic mass is 9.96. The number of ketones is 2. The van der Waals surface area contributed by atoms with Gasteiger partial charge in [-0.2, -0.15) is 13.2 Å². The Kier molecular flexibility index (Phi) is 4.37. The monoisotopic (exact) mass is 328 g/mol. The molecule has 1 aromatic rings. The highest BCUT2D eigenvalue weighted by Gasteiger charge is 2.44. The van der Waals surface area contributed by atoms with Crippen LogP contribution >= 0.6 is 11.3 Å². The zero-order valence-electron chi connectivity index (χ0n) is 11.7. The Hall–Kier alpha value is -2.15. The number of allylic oxidation sites excluding steroid dienone is 6. The first-order valence-corrected chi connectivity index (χ1v) is 7.06. The third-order valence-corrected chi connectivity index (χ3v) is 3.65. The first kappa shape index (κ1) is 16.2. The lowest BCUT2D eigenvalue weighted by molar-refractivity contribution is -0.166. The molecule has 2 rings (SSSR count). The lowest BCUT2D eigenvalue weighted by Crippen LogP contribution is -2.29. The number of carbonyl (C=O) groups excluding carboxylic acids is 2. The second kappa shape index (κ2) is 5.92. The van der Waals surface area contributed by atoms with Gasteiger partial charge in [-0.1, -0.05) is 6.07 Å². The summed E-state index contributed by atoms with van der Waals surface area (Å²) in [5.41, 5.74) is -0.987. The van der Waals surface area contributed by atoms with Crippen molar-refractivity contribution >= 4 is 22.9 Å². The van der Waals surface area contributed by atoms with Gasteiger partial charge < -0.3 is 4.74 Å². The third-order valence-electron chi connectivity index (χ3n) is 2.78. The summed E-state index contributed by atoms with van der Waals surface area (Å²) in [5.74, 6) is -2.49. The van der Waals surface area contributed by atoms with Gasteiger partial charge in [0.1, 0.15) is 11.5 Å². The van der Waals surface area contributed by atoms with Gasteiger partial charge >= 0.3 is 6.18 Å². The molecule has 0 amide bonds. The molecule has 0 bridgehead atoms. The van der Waals surface area contributed by atoms with E-state index in [4.69, 9.17) is 4.74 Å². The number of halogens is 3. The number of ether oxygens (including phenoxy) is 1. The fraction of sp³-hybridized carbons (Fsp3) is 0.200. The molecule has 0 aromatic carbocycles. The highest BCUT2D eigenvalue weighted by Crippen LogP contribution is 2.30. The minimum Gasteiger partial charge on any atom is -0.467 e. The van der Waals surface area contributed by atoms with Crippen molar-refractivity contribution in [2.24, 2.45) is 0 Å². The van der Waals surface area contributed by atoms with Gasteiger partial charge in [-0.15, -0.1) is 11.3 Å². The smallest absolute Gasteiger partial charge is 0.455 e. The van der Waals surface area contributed by atoms with Gasteiger partial charge in [0.2, 0.25) is 5.78 Å². The molecule has 0 unspecified atom stereocenters. The Morgan fingerprint density at radius 3 is 2.18 bits per heavy atom. The maximum Gasteiger partial charge on any atom is 0.455 e. The Balaban J connectivity index is 2.64. The molecular weight excluding hydrogens is 317 g/mol. The number of thiophene rings is 1. The molecule has 3 nitrogen and oxygen atoms in total. The maximum absolute atomic E-state index is 12.8. The molecule has 0 spiro atoms. The van der Waals surface area contributed by atoms with E-state index in [0.717, 1.165) is 11.3 Å². The summed E-state index contributed by atoms with van der Waals surface area (Å²) in [6.45, 7) is 3.06. The quantitative estimate of drug-likeness (QED) is 0.361. The van der Waals surface area contributed by atoms with Crippen LogP contribution in [0.5, 0.6) is 0 Å². The van der Waals surface area contributed by atoms with Crippen LogP contribution < -0.4 is 0 Å². The molecule has 0 aliphatic carbocycles. The molecule has 1 aromatic heterocycles. The molecule has 0 atom stereocenters. The van der Waals surface area contributed by atoms with Gasteiger partial charge in [0, 0.05) is 0 Å². The number of Topliss-reactive ketones (excluding diaryl/α,β-unsaturated/α-hetero) is 2. The van der Waals surface area contributed by atoms with Gasteiger partial charge in [-0.25, -0.2) is 0 Å². The van der Waals surface area contributed by atoms with Gasteiger partial charge in [-0.3, -0.25) is 9.59 Å². The van der Waals surface area contributed by atoms with Crippen molar-refractivity contribution in [2.45, 2.75) is 20.0 Å². The summed E-state index contributed by atoms with van der Waals surface area (Å²) in [6, 6.07) is 2.91. The largest absolute Gasteiger partial charge is 0.467 e. The minimum atomic E-state index is -5.13. The summed E-state index contributed by atoms with van der Waals surface area (Å²) in [5, 5.41) is 1.56. The second-order valence-electron chi connectivity index (χ2n) is 4.58. The molecule has 2 heterocycles. The summed E-state index contributed by atoms with van der Waals surface area (Å²) >= 11 is 0.977. The Morgan fingerprint density at radius 1 is 1.14 bits per heavy atom. The van der Waals surface area contributed by atoms with E-state index in [1.54, 1.807) is 5.38 Å². The molecular formula is C15H11F3O3S. The fourth-order valence-corrected chi connectivity index (χ4v) is 2.64. The van der Waals surface area contributed by atoms with Gasteiger partial charge in [0.15, 0.2) is 0 Å². The zero-order chi connectivity index (χ0) is 16.5. The number of hydrogen-bond acceptors (Lipinski definition) is 4. The molecule has 0 fully saturated rings. The molecule has 0 N–H and O–H groups in total. The molecule has 0 radical (unpaired) electrons. The predicted octanol–water partition coefficient (Wildman–Crippen LogP) is 4.20. The fourth-order valence-electron chi connectivity index (χ4n) is 1.97. The van der Waals surface area contributed by atoms with E-state index in [2.05, 4.69) is 0 Å². The first-order chi connectivity index (χ1) is 10.2. The van der Waals surface area contributed by atoms with Crippen molar-refractivity contribution in [3.05, 3.63) is 57.2 Å². The molecule has 0 saturated heterocycles. The van der Waals surface area contributed by atoms with Crippen LogP contribution in [0.25, 0.3) is 0 Å². The second-order valence-corrected chi connectivity index (χ2v) is 5.52. The first-order valence-electron chi connectivity index (χ1n) is 6.18. The predicted molar refractivity (Wildman–Crippen MR) is 75.3 cm³/mol. The molecule has 1 aliphatic heterocycles. The van der Waals surface area contributed by atoms with Crippen LogP contribution in [0.15, 0.2) is 52.3 Å². The lowest BCUT2D eigenvalue weighted by Gasteiger charge is -2.16. The average molecular weight is 328 g/mol. The van der Waals surface area contributed by atoms with Crippen LogP contribution in [0, 0.1) is 0 Å². The summed E-state index contributed by atoms with van der Waals surface area (Å²) in [4.78, 5) is 24.1. The maximum atomic E-state index is 12.8. The van der Waals surface area contributed by atoms with E-state index < -0.39 is 23.3 Å². The van der Waals surface area contributed by atoms with E-state index in [1.165, 1.54) is 38.1 Å². The Labute approximate surface area is 128 Å². The topological polar surface area (TPSA) is 43.4 Å². The van der Waals surface area contributed by atoms with Crippen LogP contribution in [-0.2, 0) is 9.53 Å². The Bertz CT molecular complexity index is 687. The number of alkyl halides is 3. The number of hydrogen-bond donors (Lipinski definition) is 0. The summed E-state index contributed by atoms with van der Waals surface area (Å²) in [7, 11) is 0. The van der Waals surface area contributed by atoms with Crippen molar-refractivity contribution in [1.82, 2.24) is 0 Å². The molecule has 22 heavy (non-hydrogen) atoms. The van der Waals surface area contributed by atoms with Crippen LogP contribution in [0.2, 0.25) is 0 Å². The summed E-state index contributed by atoms with van der Waals surface area (Å²) < 4.78 is 43.7. The number of carbonyl (C=O) groups is 2. The third kappa shape index (κ3) is 3.36. The highest BCUT2D eigenvalue weighted by molar-refractivity contribution is 7.12. The van der Waals surface area contributed by atoms with Crippen molar-refractivity contribution in [2.75, 3.05) is 0 Å². The van der Waals surface area contributed by atoms with Crippen molar-refractivity contribution < 1.29 is 27.5 Å². The van der Waals surface area contributed by atoms with Crippen LogP contribution in [0.1, 0.15) is 23.5 Å². The normalized spacial score (nSPS) is 14.9. The molecule has 7 heteroatoms. The van der Waals surface area contributed by atoms with Crippen molar-refractivity contribution in [3.8, 4) is 0 Å². The summed E-state index contributed by atoms with van der Waals surface area (Å²) in [6.07, 6.45) is -2.63. The van der Waals surface area contributed by atoms with E-state index in [1.807, 2.05) is 0 Å². The van der Waals surface area contributed by atoms with Crippen molar-refractivity contribution in [1.29, 1.82) is 0 Å². The van der Waals surface area contributed by atoms with E-state index in [0.29, 0.717) is 11.5 Å². The van der Waals surface area contributed by atoms with E-state index in [9.17, 15) is 22.8 Å². The van der Waals surface area contributed by atoms with Crippen LogP contribution in [0.3, 0.4) is 0 Å². The van der Waals surface area contributed by atoms with Gasteiger partial charge in [-0.05, 0) is 43.0 Å². The highest BCUT2D eigenvalue weighted by atomic mass is 32.1. The van der Waals surface area contributed by atoms with E-state index in [-0.39, 0.29) is 10.5 Å². The Morgan fingerprint density at radius 2 is 1.73 bits per heavy atom. The number of rotatable bonds is 3. The van der Waals surface area contributed by atoms with Crippen LogP contribution in [0.4, 0.5) is 13.2 Å². The minimum absolute atomic E-state index is 0.0729. The SMILES string of the molecule is CC1=CC(=C(C(=O)c2cccs2)C(=O)C(F)(F)F)C=C(C)O1. The zero-order valence-corrected chi connectivity index (χ0v) is 12.5. The standard InChI is InChI=1S/C15H11F3O3S/c1-8-6-10(7-9(2)21-8)12(14(20)15(16,17)18)13(19)11-4-3-5-22-11/h3-7H,1-2H3. The van der Waals surface area contributed by atoms with Crippen LogP contribution in [-0.4, -0.2) is 17.7 Å². The van der Waals surface area contributed by atoms with Gasteiger partial charge in [0.05, 0.1) is 10.5 Å².